The van der Waals surface area contributed by atoms with E-state index in [2.05, 4.69) is 36.6 Å². The van der Waals surface area contributed by atoms with Crippen LogP contribution >= 0.6 is 31.9 Å². The van der Waals surface area contributed by atoms with E-state index in [0.29, 0.717) is 0 Å². The van der Waals surface area contributed by atoms with E-state index in [-0.39, 0.29) is 10.9 Å². The molecule has 6 heteroatoms. The van der Waals surface area contributed by atoms with Gasteiger partial charge in [-0.3, -0.25) is 0 Å². The van der Waals surface area contributed by atoms with Gasteiger partial charge in [0, 0.05) is 15.8 Å². The van der Waals surface area contributed by atoms with Crippen molar-refractivity contribution in [3.05, 3.63) is 28.7 Å². The number of hydrogen-bond donors (Lipinski definition) is 1. The molecule has 17 heavy (non-hydrogen) atoms. The minimum absolute atomic E-state index is 0.0588. The van der Waals surface area contributed by atoms with Gasteiger partial charge in [-0.25, -0.2) is 13.1 Å². The van der Waals surface area contributed by atoms with Crippen LogP contribution in [-0.4, -0.2) is 19.8 Å². The fourth-order valence-electron chi connectivity index (χ4n) is 1.41. The Balaban J connectivity index is 2.75. The molecule has 1 aromatic carbocycles. The van der Waals surface area contributed by atoms with Crippen molar-refractivity contribution in [1.82, 2.24) is 4.72 Å². The van der Waals surface area contributed by atoms with E-state index < -0.39 is 10.0 Å². The Labute approximate surface area is 119 Å². The van der Waals surface area contributed by atoms with E-state index in [4.69, 9.17) is 0 Å². The van der Waals surface area contributed by atoms with Crippen molar-refractivity contribution in [2.75, 3.05) is 5.33 Å². The third-order valence-electron chi connectivity index (χ3n) is 2.23. The van der Waals surface area contributed by atoms with Crippen molar-refractivity contribution in [3.8, 4) is 0 Å². The quantitative estimate of drug-likeness (QED) is 0.765. The fourth-order valence-corrected chi connectivity index (χ4v) is 3.61. The molecular formula is C11H15Br2NO2S. The number of alkyl halides is 1. The first-order chi connectivity index (χ1) is 7.95. The van der Waals surface area contributed by atoms with Crippen molar-refractivity contribution in [2.24, 2.45) is 0 Å². The first-order valence-electron chi connectivity index (χ1n) is 5.29. The highest BCUT2D eigenvalue weighted by Gasteiger charge is 2.16. The fraction of sp³-hybridized carbons (Fsp3) is 0.455. The number of benzene rings is 1. The normalized spacial score (nSPS) is 13.6. The molecule has 1 unspecified atom stereocenters. The molecule has 0 radical (unpaired) electrons. The van der Waals surface area contributed by atoms with Crippen LogP contribution in [0.2, 0.25) is 0 Å². The summed E-state index contributed by atoms with van der Waals surface area (Å²) in [6, 6.07) is 6.63. The van der Waals surface area contributed by atoms with Gasteiger partial charge in [-0.05, 0) is 38.0 Å². The lowest BCUT2D eigenvalue weighted by Gasteiger charge is -2.13. The molecule has 0 aliphatic rings. The molecule has 0 fully saturated rings. The molecule has 0 amide bonds. The van der Waals surface area contributed by atoms with Crippen molar-refractivity contribution < 1.29 is 8.42 Å². The Morgan fingerprint density at radius 3 is 2.71 bits per heavy atom. The highest BCUT2D eigenvalue weighted by atomic mass is 79.9. The largest absolute Gasteiger partial charge is 0.240 e. The molecule has 0 heterocycles. The predicted octanol–water partition coefficient (Wildman–Crippen LogP) is 3.29. The standard InChI is InChI=1S/C11H15Br2NO2S/c1-9(4-3-7-12)14-17(15,16)11-6-2-5-10(13)8-11/h2,5-6,8-9,14H,3-4,7H2,1H3. The van der Waals surface area contributed by atoms with E-state index in [1.807, 2.05) is 6.92 Å². The van der Waals surface area contributed by atoms with Crippen LogP contribution in [0.3, 0.4) is 0 Å². The second-order valence-electron chi connectivity index (χ2n) is 3.81. The molecular weight excluding hydrogens is 370 g/mol. The zero-order valence-corrected chi connectivity index (χ0v) is 13.5. The van der Waals surface area contributed by atoms with Gasteiger partial charge < -0.3 is 0 Å². The van der Waals surface area contributed by atoms with Crippen LogP contribution in [0, 0.1) is 0 Å². The smallest absolute Gasteiger partial charge is 0.208 e. The van der Waals surface area contributed by atoms with Crippen molar-refractivity contribution in [1.29, 1.82) is 0 Å². The van der Waals surface area contributed by atoms with Crippen LogP contribution in [0.5, 0.6) is 0 Å². The number of hydrogen-bond acceptors (Lipinski definition) is 2. The third kappa shape index (κ3) is 5.07. The van der Waals surface area contributed by atoms with E-state index in [1.165, 1.54) is 0 Å². The van der Waals surface area contributed by atoms with Gasteiger partial charge in [0.2, 0.25) is 10.0 Å². The maximum atomic E-state index is 12.0. The maximum absolute atomic E-state index is 12.0. The molecule has 1 aromatic rings. The molecule has 1 atom stereocenters. The number of sulfonamides is 1. The Morgan fingerprint density at radius 1 is 1.41 bits per heavy atom. The van der Waals surface area contributed by atoms with Gasteiger partial charge in [0.15, 0.2) is 0 Å². The van der Waals surface area contributed by atoms with Gasteiger partial charge in [-0.2, -0.15) is 0 Å². The van der Waals surface area contributed by atoms with E-state index in [1.54, 1.807) is 24.3 Å². The van der Waals surface area contributed by atoms with E-state index in [0.717, 1.165) is 22.6 Å². The molecule has 0 spiro atoms. The van der Waals surface area contributed by atoms with Gasteiger partial charge in [0.1, 0.15) is 0 Å². The maximum Gasteiger partial charge on any atom is 0.240 e. The lowest BCUT2D eigenvalue weighted by molar-refractivity contribution is 0.545. The summed E-state index contributed by atoms with van der Waals surface area (Å²) in [5.41, 5.74) is 0. The van der Waals surface area contributed by atoms with Crippen LogP contribution in [0.15, 0.2) is 33.6 Å². The van der Waals surface area contributed by atoms with Crippen molar-refractivity contribution >= 4 is 41.9 Å². The molecule has 0 bridgehead atoms. The first kappa shape index (κ1) is 15.1. The minimum atomic E-state index is -3.41. The summed E-state index contributed by atoms with van der Waals surface area (Å²) in [7, 11) is -3.41. The minimum Gasteiger partial charge on any atom is -0.208 e. The van der Waals surface area contributed by atoms with Crippen LogP contribution in [0.4, 0.5) is 0 Å². The Bertz CT molecular complexity index is 462. The molecule has 0 aromatic heterocycles. The van der Waals surface area contributed by atoms with Gasteiger partial charge in [0.25, 0.3) is 0 Å². The molecule has 3 nitrogen and oxygen atoms in total. The second kappa shape index (κ2) is 6.87. The topological polar surface area (TPSA) is 46.2 Å². The summed E-state index contributed by atoms with van der Waals surface area (Å²) in [6.45, 7) is 1.87. The van der Waals surface area contributed by atoms with E-state index in [9.17, 15) is 8.42 Å². The van der Waals surface area contributed by atoms with Crippen LogP contribution in [0.25, 0.3) is 0 Å². The molecule has 1 rings (SSSR count). The SMILES string of the molecule is CC(CCCBr)NS(=O)(=O)c1cccc(Br)c1. The number of rotatable bonds is 6. The summed E-state index contributed by atoms with van der Waals surface area (Å²) < 4.78 is 27.5. The third-order valence-corrected chi connectivity index (χ3v) is 4.87. The average Bonchev–Trinajstić information content (AvgIpc) is 2.26. The second-order valence-corrected chi connectivity index (χ2v) is 7.23. The molecule has 0 saturated carbocycles. The monoisotopic (exact) mass is 383 g/mol. The van der Waals surface area contributed by atoms with Gasteiger partial charge >= 0.3 is 0 Å². The average molecular weight is 385 g/mol. The highest BCUT2D eigenvalue weighted by molar-refractivity contribution is 9.10. The zero-order chi connectivity index (χ0) is 12.9. The van der Waals surface area contributed by atoms with Crippen LogP contribution in [0.1, 0.15) is 19.8 Å². The summed E-state index contributed by atoms with van der Waals surface area (Å²) >= 11 is 6.59. The molecule has 0 aliphatic carbocycles. The summed E-state index contributed by atoms with van der Waals surface area (Å²) in [6.07, 6.45) is 1.76. The molecule has 0 aliphatic heterocycles. The Morgan fingerprint density at radius 2 is 2.12 bits per heavy atom. The Kier molecular flexibility index (Phi) is 6.12. The van der Waals surface area contributed by atoms with Crippen molar-refractivity contribution in [2.45, 2.75) is 30.7 Å². The lowest BCUT2D eigenvalue weighted by Crippen LogP contribution is -2.32. The van der Waals surface area contributed by atoms with Crippen molar-refractivity contribution in [3.63, 3.8) is 0 Å². The number of nitrogens with one attached hydrogen (secondary N) is 1. The predicted molar refractivity (Wildman–Crippen MR) is 77.0 cm³/mol. The molecule has 0 saturated heterocycles. The first-order valence-corrected chi connectivity index (χ1v) is 8.69. The summed E-state index contributed by atoms with van der Waals surface area (Å²) in [5.74, 6) is 0. The van der Waals surface area contributed by atoms with Crippen LogP contribution < -0.4 is 4.72 Å². The summed E-state index contributed by atoms with van der Waals surface area (Å²) in [5, 5.41) is 0.885. The zero-order valence-electron chi connectivity index (χ0n) is 9.49. The van der Waals surface area contributed by atoms with Gasteiger partial charge in [0.05, 0.1) is 4.90 Å². The molecule has 1 N–H and O–H groups in total. The highest BCUT2D eigenvalue weighted by Crippen LogP contribution is 2.16. The lowest BCUT2D eigenvalue weighted by atomic mass is 10.2. The van der Waals surface area contributed by atoms with Gasteiger partial charge in [-0.15, -0.1) is 0 Å². The Hall–Kier alpha value is 0.0900. The van der Waals surface area contributed by atoms with E-state index >= 15 is 0 Å². The summed E-state index contributed by atoms with van der Waals surface area (Å²) in [4.78, 5) is 0.289. The number of halogens is 2. The van der Waals surface area contributed by atoms with Gasteiger partial charge in [-0.1, -0.05) is 37.9 Å². The molecule has 96 valence electrons. The van der Waals surface area contributed by atoms with Crippen LogP contribution in [-0.2, 0) is 10.0 Å².